The Kier molecular flexibility index (Phi) is 6.15. The summed E-state index contributed by atoms with van der Waals surface area (Å²) in [5.41, 5.74) is 3.31. The Morgan fingerprint density at radius 2 is 1.90 bits per heavy atom. The minimum absolute atomic E-state index is 0.0410. The summed E-state index contributed by atoms with van der Waals surface area (Å²) in [5, 5.41) is 6.75. The van der Waals surface area contributed by atoms with Gasteiger partial charge in [0, 0.05) is 45.0 Å². The van der Waals surface area contributed by atoms with Gasteiger partial charge in [-0.15, -0.1) is 0 Å². The van der Waals surface area contributed by atoms with Crippen molar-refractivity contribution in [2.45, 2.75) is 46.0 Å². The first-order chi connectivity index (χ1) is 14.5. The van der Waals surface area contributed by atoms with E-state index < -0.39 is 0 Å². The van der Waals surface area contributed by atoms with E-state index in [-0.39, 0.29) is 24.8 Å². The molecule has 4 rings (SSSR count). The number of carbonyl (C=O) groups is 1. The van der Waals surface area contributed by atoms with Gasteiger partial charge in [0.25, 0.3) is 0 Å². The first-order valence-corrected chi connectivity index (χ1v) is 10.6. The third-order valence-electron chi connectivity index (χ3n) is 5.58. The number of aromatic nitrogens is 2. The molecule has 1 atom stereocenters. The van der Waals surface area contributed by atoms with Crippen LogP contribution in [0.4, 0.5) is 16.6 Å². The Hall–Kier alpha value is -2.71. The number of cyclic esters (lactones) is 1. The third-order valence-corrected chi connectivity index (χ3v) is 5.58. The minimum atomic E-state index is -0.365. The molecule has 0 aliphatic carbocycles. The summed E-state index contributed by atoms with van der Waals surface area (Å²) >= 11 is 0. The van der Waals surface area contributed by atoms with Gasteiger partial charge in [-0.25, -0.2) is 9.78 Å². The molecule has 0 bridgehead atoms. The smallest absolute Gasteiger partial charge is 0.416 e. The molecule has 1 amide bonds. The van der Waals surface area contributed by atoms with Crippen LogP contribution >= 0.6 is 0 Å². The number of nitrogens with one attached hydrogen (secondary N) is 2. The largest absolute Gasteiger partial charge is 0.444 e. The van der Waals surface area contributed by atoms with E-state index in [9.17, 15) is 4.79 Å². The maximum Gasteiger partial charge on any atom is 0.416 e. The molecule has 8 nitrogen and oxygen atoms in total. The SMILES string of the molecule is CC(Nc1ncc2c(n1)N(C(C)C)C(=O)OC2)c1ccc(CN2CCNCC2)cc1. The van der Waals surface area contributed by atoms with E-state index in [0.717, 1.165) is 38.3 Å². The Bertz CT molecular complexity index is 880. The van der Waals surface area contributed by atoms with Crippen LogP contribution in [0.3, 0.4) is 0 Å². The van der Waals surface area contributed by atoms with Gasteiger partial charge in [0.15, 0.2) is 0 Å². The zero-order chi connectivity index (χ0) is 21.1. The monoisotopic (exact) mass is 410 g/mol. The van der Waals surface area contributed by atoms with E-state index in [4.69, 9.17) is 4.74 Å². The molecule has 2 N–H and O–H groups in total. The van der Waals surface area contributed by atoms with Crippen LogP contribution in [-0.2, 0) is 17.9 Å². The molecule has 0 spiro atoms. The van der Waals surface area contributed by atoms with Crippen molar-refractivity contribution in [3.63, 3.8) is 0 Å². The second-order valence-corrected chi connectivity index (χ2v) is 8.19. The number of benzene rings is 1. The number of amides is 1. The van der Waals surface area contributed by atoms with E-state index in [1.54, 1.807) is 11.1 Å². The summed E-state index contributed by atoms with van der Waals surface area (Å²) in [7, 11) is 0. The molecule has 0 saturated carbocycles. The van der Waals surface area contributed by atoms with Crippen molar-refractivity contribution < 1.29 is 9.53 Å². The second kappa shape index (κ2) is 8.97. The van der Waals surface area contributed by atoms with Crippen LogP contribution in [0.2, 0.25) is 0 Å². The summed E-state index contributed by atoms with van der Waals surface area (Å²) in [6.45, 7) is 11.5. The molecule has 2 aliphatic rings. The van der Waals surface area contributed by atoms with Crippen LogP contribution in [-0.4, -0.2) is 53.2 Å². The molecule has 1 unspecified atom stereocenters. The molecular weight excluding hydrogens is 380 g/mol. The number of hydrogen-bond acceptors (Lipinski definition) is 7. The Morgan fingerprint density at radius 1 is 1.17 bits per heavy atom. The van der Waals surface area contributed by atoms with Gasteiger partial charge < -0.3 is 15.4 Å². The van der Waals surface area contributed by atoms with Crippen molar-refractivity contribution >= 4 is 17.9 Å². The van der Waals surface area contributed by atoms with Gasteiger partial charge in [0.05, 0.1) is 11.6 Å². The molecule has 2 aliphatic heterocycles. The summed E-state index contributed by atoms with van der Waals surface area (Å²) in [5.74, 6) is 1.13. The highest BCUT2D eigenvalue weighted by molar-refractivity contribution is 5.89. The maximum atomic E-state index is 12.1. The number of fused-ring (bicyclic) bond motifs is 1. The lowest BCUT2D eigenvalue weighted by molar-refractivity contribution is 0.139. The molecule has 1 aromatic carbocycles. The predicted octanol–water partition coefficient (Wildman–Crippen LogP) is 2.92. The fraction of sp³-hybridized carbons (Fsp3) is 0.500. The molecular formula is C22H30N6O2. The zero-order valence-electron chi connectivity index (χ0n) is 17.9. The summed E-state index contributed by atoms with van der Waals surface area (Å²) < 4.78 is 5.21. The third kappa shape index (κ3) is 4.55. The molecule has 1 aromatic heterocycles. The Morgan fingerprint density at radius 3 is 2.60 bits per heavy atom. The van der Waals surface area contributed by atoms with Gasteiger partial charge in [-0.3, -0.25) is 9.80 Å². The van der Waals surface area contributed by atoms with Crippen molar-refractivity contribution in [1.29, 1.82) is 0 Å². The highest BCUT2D eigenvalue weighted by Crippen LogP contribution is 2.28. The number of nitrogens with zero attached hydrogens (tertiary/aromatic N) is 4. The van der Waals surface area contributed by atoms with Crippen LogP contribution < -0.4 is 15.5 Å². The van der Waals surface area contributed by atoms with Crippen LogP contribution in [0.5, 0.6) is 0 Å². The van der Waals surface area contributed by atoms with Crippen LogP contribution in [0.25, 0.3) is 0 Å². The summed E-state index contributed by atoms with van der Waals surface area (Å²) in [6.07, 6.45) is 1.37. The average molecular weight is 411 g/mol. The fourth-order valence-corrected chi connectivity index (χ4v) is 3.84. The van der Waals surface area contributed by atoms with Crippen molar-refractivity contribution in [2.75, 3.05) is 36.4 Å². The van der Waals surface area contributed by atoms with Crippen molar-refractivity contribution in [3.05, 3.63) is 47.2 Å². The molecule has 0 radical (unpaired) electrons. The van der Waals surface area contributed by atoms with E-state index in [0.29, 0.717) is 11.8 Å². The average Bonchev–Trinajstić information content (AvgIpc) is 2.74. The molecule has 8 heteroatoms. The van der Waals surface area contributed by atoms with Gasteiger partial charge in [0.1, 0.15) is 12.4 Å². The zero-order valence-corrected chi connectivity index (χ0v) is 17.9. The lowest BCUT2D eigenvalue weighted by atomic mass is 10.1. The number of piperazine rings is 1. The highest BCUT2D eigenvalue weighted by atomic mass is 16.6. The van der Waals surface area contributed by atoms with Gasteiger partial charge >= 0.3 is 6.09 Å². The van der Waals surface area contributed by atoms with E-state index in [1.165, 1.54) is 11.1 Å². The van der Waals surface area contributed by atoms with Gasteiger partial charge in [-0.2, -0.15) is 4.98 Å². The molecule has 1 fully saturated rings. The quantitative estimate of drug-likeness (QED) is 0.758. The van der Waals surface area contributed by atoms with Crippen molar-refractivity contribution in [1.82, 2.24) is 20.2 Å². The van der Waals surface area contributed by atoms with Crippen molar-refractivity contribution in [2.24, 2.45) is 0 Å². The Labute approximate surface area is 177 Å². The maximum absolute atomic E-state index is 12.1. The lowest BCUT2D eigenvalue weighted by Gasteiger charge is -2.30. The number of anilines is 2. The standard InChI is InChI=1S/C22H30N6O2/c1-15(2)28-20-19(14-30-22(28)29)12-24-21(26-20)25-16(3)18-6-4-17(5-7-18)13-27-10-8-23-9-11-27/h4-7,12,15-16,23H,8-11,13-14H2,1-3H3,(H,24,25,26). The molecule has 2 aromatic rings. The summed E-state index contributed by atoms with van der Waals surface area (Å²) in [4.78, 5) is 25.2. The molecule has 3 heterocycles. The van der Waals surface area contributed by atoms with Crippen molar-refractivity contribution in [3.8, 4) is 0 Å². The second-order valence-electron chi connectivity index (χ2n) is 8.19. The minimum Gasteiger partial charge on any atom is -0.444 e. The number of carbonyl (C=O) groups excluding carboxylic acids is 1. The van der Waals surface area contributed by atoms with E-state index in [1.807, 2.05) is 13.8 Å². The first kappa shape index (κ1) is 20.6. The first-order valence-electron chi connectivity index (χ1n) is 10.6. The predicted molar refractivity (Wildman–Crippen MR) is 116 cm³/mol. The van der Waals surface area contributed by atoms with Crippen LogP contribution in [0, 0.1) is 0 Å². The number of ether oxygens (including phenoxy) is 1. The van der Waals surface area contributed by atoms with Gasteiger partial charge in [0.2, 0.25) is 5.95 Å². The number of rotatable bonds is 6. The van der Waals surface area contributed by atoms with Crippen LogP contribution in [0.15, 0.2) is 30.5 Å². The summed E-state index contributed by atoms with van der Waals surface area (Å²) in [6, 6.07) is 8.70. The van der Waals surface area contributed by atoms with Gasteiger partial charge in [-0.05, 0) is 31.9 Å². The highest BCUT2D eigenvalue weighted by Gasteiger charge is 2.30. The normalized spacial score (nSPS) is 18.1. The topological polar surface area (TPSA) is 82.6 Å². The fourth-order valence-electron chi connectivity index (χ4n) is 3.84. The van der Waals surface area contributed by atoms with E-state index in [2.05, 4.69) is 56.7 Å². The molecule has 160 valence electrons. The van der Waals surface area contributed by atoms with Crippen LogP contribution in [0.1, 0.15) is 43.5 Å². The number of hydrogen-bond donors (Lipinski definition) is 2. The van der Waals surface area contributed by atoms with Gasteiger partial charge in [-0.1, -0.05) is 24.3 Å². The molecule has 30 heavy (non-hydrogen) atoms. The molecule has 1 saturated heterocycles. The Balaban J connectivity index is 1.43. The van der Waals surface area contributed by atoms with E-state index >= 15 is 0 Å². The lowest BCUT2D eigenvalue weighted by Crippen LogP contribution is -2.42.